The maximum absolute atomic E-state index is 4.07. The maximum atomic E-state index is 4.07. The minimum absolute atomic E-state index is 0.945. The normalized spacial score (nSPS) is 8.75. The fourth-order valence-electron chi connectivity index (χ4n) is 0.417. The Labute approximate surface area is 56.6 Å². The van der Waals surface area contributed by atoms with Crippen molar-refractivity contribution in [3.05, 3.63) is 12.3 Å². The standard InChI is InChI=1S/C6H13NS/c1-6(7-2)4-3-5-8/h7-8H,1,3-5H2,2H3. The second-order valence-electron chi connectivity index (χ2n) is 1.68. The van der Waals surface area contributed by atoms with E-state index in [1.165, 1.54) is 0 Å². The van der Waals surface area contributed by atoms with Crippen LogP contribution in [0.25, 0.3) is 0 Å². The van der Waals surface area contributed by atoms with E-state index in [1.807, 2.05) is 7.05 Å². The third kappa shape index (κ3) is 4.06. The Hall–Kier alpha value is -0.110. The quantitative estimate of drug-likeness (QED) is 0.550. The van der Waals surface area contributed by atoms with Gasteiger partial charge in [0, 0.05) is 12.7 Å². The zero-order valence-electron chi connectivity index (χ0n) is 5.28. The fraction of sp³-hybridized carbons (Fsp3) is 0.667. The average Bonchev–Trinajstić information content (AvgIpc) is 1.83. The first-order valence-corrected chi connectivity index (χ1v) is 3.41. The molecule has 2 heteroatoms. The third-order valence-electron chi connectivity index (χ3n) is 0.990. The first kappa shape index (κ1) is 7.89. The van der Waals surface area contributed by atoms with Crippen molar-refractivity contribution in [1.82, 2.24) is 5.32 Å². The van der Waals surface area contributed by atoms with Crippen LogP contribution in [0, 0.1) is 0 Å². The lowest BCUT2D eigenvalue weighted by molar-refractivity contribution is 0.829. The van der Waals surface area contributed by atoms with Crippen LogP contribution in [0.4, 0.5) is 0 Å². The highest BCUT2D eigenvalue weighted by Gasteiger charge is 1.85. The highest BCUT2D eigenvalue weighted by atomic mass is 32.1. The van der Waals surface area contributed by atoms with Gasteiger partial charge in [-0.15, -0.1) is 0 Å². The lowest BCUT2D eigenvalue weighted by Gasteiger charge is -2.00. The highest BCUT2D eigenvalue weighted by molar-refractivity contribution is 7.80. The van der Waals surface area contributed by atoms with E-state index in [1.54, 1.807) is 0 Å². The molecule has 0 aromatic heterocycles. The molecular weight excluding hydrogens is 118 g/mol. The molecule has 0 saturated carbocycles. The zero-order valence-corrected chi connectivity index (χ0v) is 6.17. The van der Waals surface area contributed by atoms with Gasteiger partial charge in [0.15, 0.2) is 0 Å². The van der Waals surface area contributed by atoms with Gasteiger partial charge in [0.25, 0.3) is 0 Å². The van der Waals surface area contributed by atoms with Crippen molar-refractivity contribution < 1.29 is 0 Å². The zero-order chi connectivity index (χ0) is 6.41. The molecule has 0 heterocycles. The summed E-state index contributed by atoms with van der Waals surface area (Å²) in [6, 6.07) is 0. The fourth-order valence-corrected chi connectivity index (χ4v) is 0.576. The van der Waals surface area contributed by atoms with Crippen LogP contribution in [-0.4, -0.2) is 12.8 Å². The van der Waals surface area contributed by atoms with Crippen LogP contribution in [-0.2, 0) is 0 Å². The van der Waals surface area contributed by atoms with E-state index < -0.39 is 0 Å². The van der Waals surface area contributed by atoms with Crippen molar-refractivity contribution in [2.24, 2.45) is 0 Å². The molecule has 0 aromatic carbocycles. The molecular formula is C6H13NS. The molecule has 48 valence electrons. The molecule has 1 N–H and O–H groups in total. The molecule has 0 saturated heterocycles. The minimum Gasteiger partial charge on any atom is -0.392 e. The Balaban J connectivity index is 2.99. The summed E-state index contributed by atoms with van der Waals surface area (Å²) in [4.78, 5) is 0. The Kier molecular flexibility index (Phi) is 4.97. The van der Waals surface area contributed by atoms with E-state index in [0.29, 0.717) is 0 Å². The predicted octanol–water partition coefficient (Wildman–Crippen LogP) is 1.43. The van der Waals surface area contributed by atoms with Gasteiger partial charge < -0.3 is 5.32 Å². The summed E-state index contributed by atoms with van der Waals surface area (Å²) in [5.74, 6) is 0.945. The van der Waals surface area contributed by atoms with E-state index in [2.05, 4.69) is 24.5 Å². The molecule has 0 aliphatic heterocycles. The van der Waals surface area contributed by atoms with Crippen LogP contribution < -0.4 is 5.32 Å². The first-order chi connectivity index (χ1) is 3.81. The Morgan fingerprint density at radius 2 is 2.38 bits per heavy atom. The number of thiol groups is 1. The lowest BCUT2D eigenvalue weighted by atomic mass is 10.3. The number of allylic oxidation sites excluding steroid dienone is 1. The Bertz CT molecular complexity index is 70.9. The van der Waals surface area contributed by atoms with Gasteiger partial charge in [-0.2, -0.15) is 12.6 Å². The van der Waals surface area contributed by atoms with Crippen LogP contribution in [0.1, 0.15) is 12.8 Å². The topological polar surface area (TPSA) is 12.0 Å². The smallest absolute Gasteiger partial charge is 0.00313 e. The van der Waals surface area contributed by atoms with E-state index in [0.717, 1.165) is 24.3 Å². The average molecular weight is 131 g/mol. The highest BCUT2D eigenvalue weighted by Crippen LogP contribution is 1.97. The number of hydrogen-bond acceptors (Lipinski definition) is 2. The van der Waals surface area contributed by atoms with Crippen LogP contribution in [0.3, 0.4) is 0 Å². The van der Waals surface area contributed by atoms with Gasteiger partial charge in [0.2, 0.25) is 0 Å². The molecule has 0 spiro atoms. The third-order valence-corrected chi connectivity index (χ3v) is 1.31. The molecule has 0 unspecified atom stereocenters. The van der Waals surface area contributed by atoms with Crippen molar-refractivity contribution >= 4 is 12.6 Å². The number of hydrogen-bond donors (Lipinski definition) is 2. The van der Waals surface area contributed by atoms with E-state index >= 15 is 0 Å². The van der Waals surface area contributed by atoms with E-state index in [9.17, 15) is 0 Å². The molecule has 0 aliphatic rings. The van der Waals surface area contributed by atoms with Crippen LogP contribution in [0.5, 0.6) is 0 Å². The van der Waals surface area contributed by atoms with Crippen molar-refractivity contribution in [2.45, 2.75) is 12.8 Å². The van der Waals surface area contributed by atoms with E-state index in [-0.39, 0.29) is 0 Å². The summed E-state index contributed by atoms with van der Waals surface area (Å²) in [6.45, 7) is 3.77. The molecule has 0 atom stereocenters. The summed E-state index contributed by atoms with van der Waals surface area (Å²) in [5, 5.41) is 2.97. The van der Waals surface area contributed by atoms with Crippen molar-refractivity contribution in [1.29, 1.82) is 0 Å². The Morgan fingerprint density at radius 1 is 1.75 bits per heavy atom. The molecule has 0 fully saturated rings. The minimum atomic E-state index is 0.945. The van der Waals surface area contributed by atoms with Gasteiger partial charge in [0.1, 0.15) is 0 Å². The molecule has 8 heavy (non-hydrogen) atoms. The number of rotatable bonds is 4. The predicted molar refractivity (Wildman–Crippen MR) is 41.3 cm³/mol. The van der Waals surface area contributed by atoms with Gasteiger partial charge in [-0.1, -0.05) is 6.58 Å². The van der Waals surface area contributed by atoms with Crippen LogP contribution >= 0.6 is 12.6 Å². The summed E-state index contributed by atoms with van der Waals surface area (Å²) >= 11 is 4.07. The van der Waals surface area contributed by atoms with Crippen molar-refractivity contribution in [2.75, 3.05) is 12.8 Å². The van der Waals surface area contributed by atoms with Crippen LogP contribution in [0.15, 0.2) is 12.3 Å². The summed E-state index contributed by atoms with van der Waals surface area (Å²) in [6.07, 6.45) is 2.16. The van der Waals surface area contributed by atoms with Crippen molar-refractivity contribution in [3.63, 3.8) is 0 Å². The van der Waals surface area contributed by atoms with E-state index in [4.69, 9.17) is 0 Å². The second kappa shape index (κ2) is 5.04. The molecule has 0 aliphatic carbocycles. The van der Waals surface area contributed by atoms with Gasteiger partial charge >= 0.3 is 0 Å². The van der Waals surface area contributed by atoms with Gasteiger partial charge in [-0.05, 0) is 18.6 Å². The molecule has 1 nitrogen and oxygen atoms in total. The lowest BCUT2D eigenvalue weighted by Crippen LogP contribution is -2.03. The van der Waals surface area contributed by atoms with Gasteiger partial charge in [0.05, 0.1) is 0 Å². The molecule has 0 bridgehead atoms. The monoisotopic (exact) mass is 131 g/mol. The van der Waals surface area contributed by atoms with Gasteiger partial charge in [-0.25, -0.2) is 0 Å². The Morgan fingerprint density at radius 3 is 2.75 bits per heavy atom. The summed E-state index contributed by atoms with van der Waals surface area (Å²) in [5.41, 5.74) is 1.10. The molecule has 0 amide bonds. The maximum Gasteiger partial charge on any atom is 0.00313 e. The van der Waals surface area contributed by atoms with Crippen molar-refractivity contribution in [3.8, 4) is 0 Å². The summed E-state index contributed by atoms with van der Waals surface area (Å²) < 4.78 is 0. The molecule has 0 aromatic rings. The second-order valence-corrected chi connectivity index (χ2v) is 2.13. The summed E-state index contributed by atoms with van der Waals surface area (Å²) in [7, 11) is 1.89. The van der Waals surface area contributed by atoms with Gasteiger partial charge in [-0.3, -0.25) is 0 Å². The van der Waals surface area contributed by atoms with Crippen LogP contribution in [0.2, 0.25) is 0 Å². The SMILES string of the molecule is C=C(CCCS)NC. The largest absolute Gasteiger partial charge is 0.392 e. The number of nitrogens with one attached hydrogen (secondary N) is 1. The molecule has 0 radical (unpaired) electrons. The first-order valence-electron chi connectivity index (χ1n) is 2.77. The molecule has 0 rings (SSSR count).